The van der Waals surface area contributed by atoms with Crippen LogP contribution in [0.5, 0.6) is 0 Å². The fourth-order valence-corrected chi connectivity index (χ4v) is 8.21. The molecular formula is C26H32N6OS. The molecule has 4 aromatic heterocycles. The molecule has 1 saturated carbocycles. The van der Waals surface area contributed by atoms with Crippen molar-refractivity contribution in [2.24, 2.45) is 17.6 Å². The maximum Gasteiger partial charge on any atom is 0.231 e. The third kappa shape index (κ3) is 3.30. The molecule has 0 aromatic carbocycles. The lowest BCUT2D eigenvalue weighted by Crippen LogP contribution is -2.44. The lowest BCUT2D eigenvalue weighted by atomic mass is 9.82. The van der Waals surface area contributed by atoms with Crippen molar-refractivity contribution >= 4 is 33.1 Å². The summed E-state index contributed by atoms with van der Waals surface area (Å²) in [6, 6.07) is 2.22. The Kier molecular flexibility index (Phi) is 5.08. The maximum absolute atomic E-state index is 11.5. The van der Waals surface area contributed by atoms with Crippen LogP contribution in [0, 0.1) is 25.7 Å². The van der Waals surface area contributed by atoms with Gasteiger partial charge in [-0.15, -0.1) is 11.3 Å². The van der Waals surface area contributed by atoms with Gasteiger partial charge in [0.15, 0.2) is 5.65 Å². The van der Waals surface area contributed by atoms with E-state index in [4.69, 9.17) is 5.73 Å². The van der Waals surface area contributed by atoms with E-state index in [0.717, 1.165) is 29.9 Å². The van der Waals surface area contributed by atoms with Gasteiger partial charge in [0.2, 0.25) is 5.91 Å². The molecule has 2 fully saturated rings. The zero-order valence-corrected chi connectivity index (χ0v) is 21.1. The van der Waals surface area contributed by atoms with E-state index in [9.17, 15) is 4.79 Å². The molecule has 34 heavy (non-hydrogen) atoms. The van der Waals surface area contributed by atoms with E-state index in [1.54, 1.807) is 11.2 Å². The minimum Gasteiger partial charge on any atom is -0.369 e. The number of carbonyl (C=O) groups is 1. The van der Waals surface area contributed by atoms with Gasteiger partial charge in [-0.1, -0.05) is 13.8 Å². The van der Waals surface area contributed by atoms with Crippen LogP contribution < -0.4 is 5.73 Å². The summed E-state index contributed by atoms with van der Waals surface area (Å²) < 4.78 is 1.87. The number of primary amides is 1. The monoisotopic (exact) mass is 476 g/mol. The van der Waals surface area contributed by atoms with Crippen molar-refractivity contribution in [3.63, 3.8) is 0 Å². The molecule has 2 aliphatic rings. The highest BCUT2D eigenvalue weighted by Gasteiger charge is 2.44. The summed E-state index contributed by atoms with van der Waals surface area (Å²) in [6.07, 6.45) is 6.19. The molecule has 5 heterocycles. The second-order valence-corrected chi connectivity index (χ2v) is 11.6. The summed E-state index contributed by atoms with van der Waals surface area (Å²) >= 11 is 1.95. The Hall–Kier alpha value is -2.71. The standard InChI is InChI=1S/C26H32N6OS/c1-13(2)20-21-15(4)24(22-16-5-6-17(22)9-31(8-16)11-19(27)33)34-26(21)30-23(20)18-7-14(3)25-28-12-29-32(25)10-18/h7,10,12-13,16-17,22,30H,5-6,8-9,11H2,1-4H3,(H2,27,33). The average Bonchev–Trinajstić information content (AvgIpc) is 3.50. The number of H-pyrrole nitrogens is 1. The van der Waals surface area contributed by atoms with Gasteiger partial charge in [-0.05, 0) is 67.2 Å². The number of aromatic amines is 1. The highest BCUT2D eigenvalue weighted by molar-refractivity contribution is 7.19. The van der Waals surface area contributed by atoms with Crippen LogP contribution in [-0.2, 0) is 4.79 Å². The normalized spacial score (nSPS) is 23.0. The highest BCUT2D eigenvalue weighted by Crippen LogP contribution is 2.53. The Bertz CT molecular complexity index is 1400. The lowest BCUT2D eigenvalue weighted by Gasteiger charge is -2.37. The predicted octanol–water partition coefficient (Wildman–Crippen LogP) is 4.59. The number of hydrogen-bond acceptors (Lipinski definition) is 5. The van der Waals surface area contributed by atoms with Crippen LogP contribution in [0.4, 0.5) is 0 Å². The van der Waals surface area contributed by atoms with Gasteiger partial charge in [0, 0.05) is 41.0 Å². The van der Waals surface area contributed by atoms with Gasteiger partial charge in [-0.3, -0.25) is 9.69 Å². The minimum absolute atomic E-state index is 0.216. The number of amides is 1. The first-order valence-corrected chi connectivity index (χ1v) is 13.1. The first kappa shape index (κ1) is 21.8. The number of rotatable bonds is 5. The first-order valence-electron chi connectivity index (χ1n) is 12.3. The van der Waals surface area contributed by atoms with E-state index in [0.29, 0.717) is 30.2 Å². The molecule has 2 unspecified atom stereocenters. The van der Waals surface area contributed by atoms with Crippen LogP contribution in [0.2, 0.25) is 0 Å². The van der Waals surface area contributed by atoms with Gasteiger partial charge in [0.25, 0.3) is 0 Å². The largest absolute Gasteiger partial charge is 0.369 e. The van der Waals surface area contributed by atoms with E-state index in [-0.39, 0.29) is 5.91 Å². The minimum atomic E-state index is -0.216. The predicted molar refractivity (Wildman–Crippen MR) is 136 cm³/mol. The van der Waals surface area contributed by atoms with Crippen molar-refractivity contribution in [2.45, 2.75) is 52.4 Å². The average molecular weight is 477 g/mol. The zero-order valence-electron chi connectivity index (χ0n) is 20.3. The summed E-state index contributed by atoms with van der Waals surface area (Å²) in [5.74, 6) is 1.99. The molecule has 4 aromatic rings. The highest BCUT2D eigenvalue weighted by atomic mass is 32.1. The third-order valence-corrected chi connectivity index (χ3v) is 9.29. The Morgan fingerprint density at radius 1 is 1.26 bits per heavy atom. The van der Waals surface area contributed by atoms with Gasteiger partial charge < -0.3 is 10.7 Å². The molecular weight excluding hydrogens is 444 g/mol. The summed E-state index contributed by atoms with van der Waals surface area (Å²) in [7, 11) is 0. The third-order valence-electron chi connectivity index (χ3n) is 7.98. The molecule has 178 valence electrons. The number of nitrogens with one attached hydrogen (secondary N) is 1. The fraction of sp³-hybridized carbons (Fsp3) is 0.500. The number of nitrogens with two attached hydrogens (primary N) is 1. The van der Waals surface area contributed by atoms with Gasteiger partial charge in [0.1, 0.15) is 11.2 Å². The summed E-state index contributed by atoms with van der Waals surface area (Å²) in [6.45, 7) is 11.3. The van der Waals surface area contributed by atoms with Gasteiger partial charge >= 0.3 is 0 Å². The molecule has 2 bridgehead atoms. The van der Waals surface area contributed by atoms with Crippen molar-refractivity contribution in [3.8, 4) is 11.3 Å². The van der Waals surface area contributed by atoms with Gasteiger partial charge in [-0.25, -0.2) is 9.50 Å². The first-order chi connectivity index (χ1) is 16.3. The van der Waals surface area contributed by atoms with Gasteiger partial charge in [0.05, 0.1) is 12.2 Å². The van der Waals surface area contributed by atoms with E-state index in [1.807, 2.05) is 15.9 Å². The Morgan fingerprint density at radius 2 is 2.00 bits per heavy atom. The molecule has 1 aliphatic heterocycles. The van der Waals surface area contributed by atoms with Gasteiger partial charge in [-0.2, -0.15) is 5.10 Å². The molecule has 8 heteroatoms. The topological polar surface area (TPSA) is 92.3 Å². The number of pyridine rings is 1. The molecule has 1 aliphatic carbocycles. The number of likely N-dealkylation sites (tertiary alicyclic amines) is 1. The number of nitrogens with zero attached hydrogens (tertiary/aromatic N) is 4. The molecule has 3 N–H and O–H groups in total. The second-order valence-electron chi connectivity index (χ2n) is 10.6. The Balaban J connectivity index is 1.43. The number of thiophene rings is 1. The van der Waals surface area contributed by atoms with Crippen molar-refractivity contribution in [1.29, 1.82) is 0 Å². The quantitative estimate of drug-likeness (QED) is 0.441. The van der Waals surface area contributed by atoms with Crippen molar-refractivity contribution in [1.82, 2.24) is 24.5 Å². The summed E-state index contributed by atoms with van der Waals surface area (Å²) in [5, 5.41) is 5.79. The number of hydrogen-bond donors (Lipinski definition) is 2. The van der Waals surface area contributed by atoms with E-state index in [2.05, 4.69) is 59.9 Å². The SMILES string of the molecule is Cc1c(C2C3CCC2CN(CC(N)=O)C3)sc2[nH]c(-c3cc(C)c4ncnn4c3)c(C(C)C)c12. The van der Waals surface area contributed by atoms with Crippen LogP contribution in [0.25, 0.3) is 27.1 Å². The number of fused-ring (bicyclic) bond motifs is 4. The summed E-state index contributed by atoms with van der Waals surface area (Å²) in [4.78, 5) is 24.8. The fourth-order valence-electron chi connectivity index (χ4n) is 6.70. The maximum atomic E-state index is 11.5. The number of carbonyl (C=O) groups excluding carboxylic acids is 1. The summed E-state index contributed by atoms with van der Waals surface area (Å²) in [5.41, 5.74) is 12.7. The molecule has 0 spiro atoms. The molecule has 1 amide bonds. The molecule has 2 atom stereocenters. The van der Waals surface area contributed by atoms with Crippen molar-refractivity contribution < 1.29 is 4.79 Å². The Labute approximate surface area is 203 Å². The number of aromatic nitrogens is 4. The van der Waals surface area contributed by atoms with E-state index in [1.165, 1.54) is 39.9 Å². The Morgan fingerprint density at radius 3 is 2.68 bits per heavy atom. The van der Waals surface area contributed by atoms with E-state index >= 15 is 0 Å². The van der Waals surface area contributed by atoms with Crippen LogP contribution in [-0.4, -0.2) is 50.0 Å². The van der Waals surface area contributed by atoms with E-state index < -0.39 is 0 Å². The lowest BCUT2D eigenvalue weighted by molar-refractivity contribution is -0.119. The smallest absolute Gasteiger partial charge is 0.231 e. The molecule has 6 rings (SSSR count). The van der Waals surface area contributed by atoms with Crippen molar-refractivity contribution in [3.05, 3.63) is 40.2 Å². The second kappa shape index (κ2) is 7.92. The zero-order chi connectivity index (χ0) is 23.7. The number of aryl methyl sites for hydroxylation is 2. The van der Waals surface area contributed by atoms with Crippen LogP contribution in [0.15, 0.2) is 18.6 Å². The number of piperidine rings is 1. The van der Waals surface area contributed by atoms with Crippen LogP contribution in [0.1, 0.15) is 60.1 Å². The molecule has 0 radical (unpaired) electrons. The van der Waals surface area contributed by atoms with Crippen molar-refractivity contribution in [2.75, 3.05) is 19.6 Å². The molecule has 7 nitrogen and oxygen atoms in total. The van der Waals surface area contributed by atoms with Crippen LogP contribution >= 0.6 is 11.3 Å². The van der Waals surface area contributed by atoms with Crippen LogP contribution in [0.3, 0.4) is 0 Å². The molecule has 1 saturated heterocycles.